The van der Waals surface area contributed by atoms with Gasteiger partial charge in [0.2, 0.25) is 0 Å². The number of nitrogens with zero attached hydrogens (tertiary/aromatic N) is 3. The molecule has 1 aliphatic carbocycles. The van der Waals surface area contributed by atoms with Gasteiger partial charge in [0.05, 0.1) is 5.69 Å². The Hall–Kier alpha value is -3.68. The maximum atomic E-state index is 14.1. The largest absolute Gasteiger partial charge is 0.505 e. The number of Topliss-reactive ketones (excluding diaryl/α,β-unsaturated/α-hetero) is 2. The van der Waals surface area contributed by atoms with E-state index in [1.807, 2.05) is 0 Å². The summed E-state index contributed by atoms with van der Waals surface area (Å²) >= 11 is 0. The summed E-state index contributed by atoms with van der Waals surface area (Å²) in [5, 5.41) is 10.7. The highest BCUT2D eigenvalue weighted by atomic mass is 19.1. The molecular weight excluding hydrogens is 377 g/mol. The van der Waals surface area contributed by atoms with Crippen LogP contribution in [0.2, 0.25) is 0 Å². The van der Waals surface area contributed by atoms with E-state index in [0.717, 1.165) is 4.57 Å². The van der Waals surface area contributed by atoms with Crippen molar-refractivity contribution in [3.05, 3.63) is 69.5 Å². The topological polar surface area (TPSA) is 102 Å². The minimum atomic E-state index is -0.810. The predicted octanol–water partition coefficient (Wildman–Crippen LogP) is 2.82. The van der Waals surface area contributed by atoms with Gasteiger partial charge in [-0.05, 0) is 43.2 Å². The zero-order valence-corrected chi connectivity index (χ0v) is 15.5. The SMILES string of the molecule is Cc1ccc(-n2c(=O)c(C(O)=C3C(=O)CCCC3=O)nc3cccnc32)cc1F. The lowest BCUT2D eigenvalue weighted by Crippen LogP contribution is -2.28. The maximum Gasteiger partial charge on any atom is 0.286 e. The minimum Gasteiger partial charge on any atom is -0.505 e. The van der Waals surface area contributed by atoms with Crippen molar-refractivity contribution in [1.29, 1.82) is 0 Å². The first-order valence-electron chi connectivity index (χ1n) is 9.03. The van der Waals surface area contributed by atoms with Crippen LogP contribution in [0.15, 0.2) is 46.9 Å². The van der Waals surface area contributed by atoms with E-state index in [1.165, 1.54) is 18.3 Å². The number of hydrogen-bond acceptors (Lipinski definition) is 6. The first kappa shape index (κ1) is 18.7. The van der Waals surface area contributed by atoms with Crippen LogP contribution in [0.4, 0.5) is 4.39 Å². The molecule has 0 aliphatic heterocycles. The minimum absolute atomic E-state index is 0.109. The average Bonchev–Trinajstić information content (AvgIpc) is 2.69. The van der Waals surface area contributed by atoms with Crippen LogP contribution >= 0.6 is 0 Å². The Balaban J connectivity index is 2.06. The van der Waals surface area contributed by atoms with Crippen molar-refractivity contribution in [1.82, 2.24) is 14.5 Å². The summed E-state index contributed by atoms with van der Waals surface area (Å²) in [6.07, 6.45) is 2.07. The van der Waals surface area contributed by atoms with Gasteiger partial charge in [0.15, 0.2) is 28.7 Å². The number of aliphatic hydroxyl groups excluding tert-OH is 1. The van der Waals surface area contributed by atoms with E-state index in [9.17, 15) is 23.9 Å². The number of pyridine rings is 1. The summed E-state index contributed by atoms with van der Waals surface area (Å²) in [5.74, 6) is -2.33. The standard InChI is InChI=1S/C21H16FN3O4/c1-11-7-8-12(10-13(11)22)25-20-14(4-3-9-23-20)24-18(21(25)29)19(28)17-15(26)5-2-6-16(17)27/h3-4,7-10,28H,2,5-6H2,1H3. The van der Waals surface area contributed by atoms with E-state index in [4.69, 9.17) is 0 Å². The molecule has 0 atom stereocenters. The summed E-state index contributed by atoms with van der Waals surface area (Å²) in [4.78, 5) is 45.9. The molecule has 1 fully saturated rings. The molecule has 4 rings (SSSR count). The third-order valence-corrected chi connectivity index (χ3v) is 4.86. The van der Waals surface area contributed by atoms with E-state index in [2.05, 4.69) is 9.97 Å². The van der Waals surface area contributed by atoms with Gasteiger partial charge in [0.25, 0.3) is 5.56 Å². The molecule has 0 amide bonds. The monoisotopic (exact) mass is 393 g/mol. The highest BCUT2D eigenvalue weighted by Gasteiger charge is 2.30. The Labute approximate surface area is 164 Å². The quantitative estimate of drug-likeness (QED) is 0.408. The van der Waals surface area contributed by atoms with Crippen molar-refractivity contribution in [2.24, 2.45) is 0 Å². The van der Waals surface area contributed by atoms with Crippen molar-refractivity contribution in [2.75, 3.05) is 0 Å². The van der Waals surface area contributed by atoms with Gasteiger partial charge >= 0.3 is 0 Å². The van der Waals surface area contributed by atoms with Gasteiger partial charge < -0.3 is 5.11 Å². The summed E-state index contributed by atoms with van der Waals surface area (Å²) in [6, 6.07) is 7.38. The Kier molecular flexibility index (Phi) is 4.54. The lowest BCUT2D eigenvalue weighted by Gasteiger charge is -2.15. The van der Waals surface area contributed by atoms with E-state index in [0.29, 0.717) is 12.0 Å². The van der Waals surface area contributed by atoms with Gasteiger partial charge in [-0.2, -0.15) is 0 Å². The number of allylic oxidation sites excluding steroid dienone is 1. The number of carbonyl (C=O) groups is 2. The Morgan fingerprint density at radius 1 is 1.14 bits per heavy atom. The zero-order valence-electron chi connectivity index (χ0n) is 15.5. The summed E-state index contributed by atoms with van der Waals surface area (Å²) in [6.45, 7) is 1.59. The molecule has 8 heteroatoms. The first-order chi connectivity index (χ1) is 13.9. The fourth-order valence-electron chi connectivity index (χ4n) is 3.33. The molecule has 0 bridgehead atoms. The van der Waals surface area contributed by atoms with E-state index in [1.54, 1.807) is 25.1 Å². The fourth-order valence-corrected chi connectivity index (χ4v) is 3.33. The van der Waals surface area contributed by atoms with Gasteiger partial charge in [0.1, 0.15) is 16.9 Å². The van der Waals surface area contributed by atoms with Crippen LogP contribution in [0.5, 0.6) is 0 Å². The smallest absolute Gasteiger partial charge is 0.286 e. The van der Waals surface area contributed by atoms with Crippen LogP contribution in [-0.4, -0.2) is 31.2 Å². The van der Waals surface area contributed by atoms with Gasteiger partial charge in [-0.3, -0.25) is 19.0 Å². The van der Waals surface area contributed by atoms with Crippen LogP contribution in [0, 0.1) is 12.7 Å². The highest BCUT2D eigenvalue weighted by Crippen LogP contribution is 2.24. The second-order valence-electron chi connectivity index (χ2n) is 6.80. The molecule has 1 saturated carbocycles. The third-order valence-electron chi connectivity index (χ3n) is 4.86. The number of aryl methyl sites for hydroxylation is 1. The highest BCUT2D eigenvalue weighted by molar-refractivity contribution is 6.25. The van der Waals surface area contributed by atoms with E-state index < -0.39 is 40.0 Å². The van der Waals surface area contributed by atoms with E-state index >= 15 is 0 Å². The molecule has 1 N–H and O–H groups in total. The zero-order chi connectivity index (χ0) is 20.7. The molecule has 29 heavy (non-hydrogen) atoms. The summed E-state index contributed by atoms with van der Waals surface area (Å²) in [5.41, 5.74) is -0.692. The Morgan fingerprint density at radius 2 is 1.86 bits per heavy atom. The van der Waals surface area contributed by atoms with Crippen molar-refractivity contribution in [3.63, 3.8) is 0 Å². The second kappa shape index (κ2) is 7.05. The van der Waals surface area contributed by atoms with Crippen LogP contribution in [0.25, 0.3) is 22.6 Å². The number of benzene rings is 1. The number of halogens is 1. The average molecular weight is 393 g/mol. The molecule has 7 nitrogen and oxygen atoms in total. The molecule has 2 aromatic heterocycles. The summed E-state index contributed by atoms with van der Waals surface area (Å²) < 4.78 is 15.3. The number of aromatic nitrogens is 3. The molecule has 3 aromatic rings. The second-order valence-corrected chi connectivity index (χ2v) is 6.80. The fraction of sp³-hybridized carbons (Fsp3) is 0.190. The predicted molar refractivity (Wildman–Crippen MR) is 103 cm³/mol. The van der Waals surface area contributed by atoms with Crippen LogP contribution in [-0.2, 0) is 9.59 Å². The van der Waals surface area contributed by atoms with Crippen molar-refractivity contribution >= 4 is 28.5 Å². The summed E-state index contributed by atoms with van der Waals surface area (Å²) in [7, 11) is 0. The molecule has 1 aromatic carbocycles. The van der Waals surface area contributed by atoms with Crippen LogP contribution in [0.1, 0.15) is 30.5 Å². The number of aliphatic hydroxyl groups is 1. The number of rotatable bonds is 2. The van der Waals surface area contributed by atoms with Crippen LogP contribution in [0.3, 0.4) is 0 Å². The van der Waals surface area contributed by atoms with Gasteiger partial charge in [-0.1, -0.05) is 6.07 Å². The van der Waals surface area contributed by atoms with Crippen molar-refractivity contribution in [3.8, 4) is 5.69 Å². The molecule has 0 unspecified atom stereocenters. The van der Waals surface area contributed by atoms with Crippen molar-refractivity contribution < 1.29 is 19.1 Å². The van der Waals surface area contributed by atoms with Gasteiger partial charge in [-0.15, -0.1) is 0 Å². The first-order valence-corrected chi connectivity index (χ1v) is 9.03. The molecule has 0 spiro atoms. The normalized spacial score (nSPS) is 14.5. The maximum absolute atomic E-state index is 14.1. The molecule has 2 heterocycles. The number of carbonyl (C=O) groups excluding carboxylic acids is 2. The van der Waals surface area contributed by atoms with E-state index in [-0.39, 0.29) is 29.7 Å². The molecular formula is C21H16FN3O4. The van der Waals surface area contributed by atoms with Gasteiger partial charge in [0, 0.05) is 19.0 Å². The number of ketones is 2. The Bertz CT molecular complexity index is 1260. The Morgan fingerprint density at radius 3 is 2.55 bits per heavy atom. The van der Waals surface area contributed by atoms with Gasteiger partial charge in [-0.25, -0.2) is 14.4 Å². The molecule has 0 radical (unpaired) electrons. The lowest BCUT2D eigenvalue weighted by molar-refractivity contribution is -0.123. The van der Waals surface area contributed by atoms with Crippen molar-refractivity contribution in [2.45, 2.75) is 26.2 Å². The third kappa shape index (κ3) is 3.12. The van der Waals surface area contributed by atoms with Crippen LogP contribution < -0.4 is 5.56 Å². The molecule has 146 valence electrons. The number of hydrogen-bond donors (Lipinski definition) is 1. The molecule has 0 saturated heterocycles. The number of fused-ring (bicyclic) bond motifs is 1. The molecule has 1 aliphatic rings. The lowest BCUT2D eigenvalue weighted by atomic mass is 9.90.